The van der Waals surface area contributed by atoms with Gasteiger partial charge in [0.05, 0.1) is 6.61 Å². The monoisotopic (exact) mass is 281 g/mol. The van der Waals surface area contributed by atoms with Crippen LogP contribution in [0.4, 0.5) is 0 Å². The molecule has 0 bridgehead atoms. The maximum atomic E-state index is 12.2. The smallest absolute Gasteiger partial charge is 0.327 e. The Hall–Kier alpha value is -1.00. The Morgan fingerprint density at radius 3 is 2.53 bits per heavy atom. The fourth-order valence-electron chi connectivity index (χ4n) is 2.01. The van der Waals surface area contributed by atoms with E-state index in [1.807, 2.05) is 44.3 Å². The van der Waals surface area contributed by atoms with E-state index in [1.54, 1.807) is 11.8 Å². The summed E-state index contributed by atoms with van der Waals surface area (Å²) >= 11 is 1.78. The van der Waals surface area contributed by atoms with E-state index >= 15 is 0 Å². The van der Waals surface area contributed by atoms with Crippen LogP contribution in [-0.4, -0.2) is 42.6 Å². The van der Waals surface area contributed by atoms with E-state index in [2.05, 4.69) is 18.1 Å². The maximum Gasteiger partial charge on any atom is 0.327 e. The molecule has 0 radical (unpaired) electrons. The standard InChI is InChI=1S/C15H23NO2S/c1-5-18-15(17)14(13-9-7-6-8-10-13)16(3)12(2)11-19-4/h6-10,12,14H,5,11H2,1-4H3. The first-order valence-corrected chi connectivity index (χ1v) is 7.93. The highest BCUT2D eigenvalue weighted by atomic mass is 32.2. The predicted octanol–water partition coefficient (Wildman–Crippen LogP) is 2.97. The molecule has 1 rings (SSSR count). The normalized spacial score (nSPS) is 14.2. The molecule has 0 aliphatic carbocycles. The van der Waals surface area contributed by atoms with Gasteiger partial charge in [-0.15, -0.1) is 0 Å². The lowest BCUT2D eigenvalue weighted by Gasteiger charge is -2.31. The lowest BCUT2D eigenvalue weighted by molar-refractivity contribution is -0.150. The van der Waals surface area contributed by atoms with E-state index in [9.17, 15) is 4.79 Å². The van der Waals surface area contributed by atoms with Gasteiger partial charge in [0.15, 0.2) is 0 Å². The first-order valence-electron chi connectivity index (χ1n) is 6.54. The van der Waals surface area contributed by atoms with Crippen molar-refractivity contribution in [2.24, 2.45) is 0 Å². The van der Waals surface area contributed by atoms with E-state index in [1.165, 1.54) is 0 Å². The van der Waals surface area contributed by atoms with Crippen molar-refractivity contribution in [3.8, 4) is 0 Å². The average Bonchev–Trinajstić information content (AvgIpc) is 2.40. The third-order valence-corrected chi connectivity index (χ3v) is 3.95. The largest absolute Gasteiger partial charge is 0.465 e. The van der Waals surface area contributed by atoms with Crippen LogP contribution in [0.2, 0.25) is 0 Å². The molecule has 0 amide bonds. The number of likely N-dealkylation sites (N-methyl/N-ethyl adjacent to an activating group) is 1. The van der Waals surface area contributed by atoms with E-state index in [4.69, 9.17) is 4.74 Å². The summed E-state index contributed by atoms with van der Waals surface area (Å²) in [5, 5.41) is 0. The minimum absolute atomic E-state index is 0.177. The van der Waals surface area contributed by atoms with Gasteiger partial charge in [-0.1, -0.05) is 30.3 Å². The minimum Gasteiger partial charge on any atom is -0.465 e. The second-order valence-electron chi connectivity index (χ2n) is 4.54. The maximum absolute atomic E-state index is 12.2. The number of benzene rings is 1. The van der Waals surface area contributed by atoms with Crippen molar-refractivity contribution in [3.05, 3.63) is 35.9 Å². The second-order valence-corrected chi connectivity index (χ2v) is 5.45. The summed E-state index contributed by atoms with van der Waals surface area (Å²) in [6.45, 7) is 4.38. The number of ether oxygens (including phenoxy) is 1. The predicted molar refractivity (Wildman–Crippen MR) is 81.4 cm³/mol. The average molecular weight is 281 g/mol. The van der Waals surface area contributed by atoms with E-state index < -0.39 is 0 Å². The Balaban J connectivity index is 2.95. The second kappa shape index (κ2) is 8.23. The van der Waals surface area contributed by atoms with Crippen LogP contribution in [-0.2, 0) is 9.53 Å². The molecule has 0 aliphatic heterocycles. The number of hydrogen-bond acceptors (Lipinski definition) is 4. The SMILES string of the molecule is CCOC(=O)C(c1ccccc1)N(C)C(C)CSC. The van der Waals surface area contributed by atoms with Gasteiger partial charge in [-0.25, -0.2) is 4.79 Å². The van der Waals surface area contributed by atoms with Crippen molar-refractivity contribution in [3.63, 3.8) is 0 Å². The van der Waals surface area contributed by atoms with Crippen LogP contribution in [0, 0.1) is 0 Å². The highest BCUT2D eigenvalue weighted by molar-refractivity contribution is 7.98. The Kier molecular flexibility index (Phi) is 6.95. The molecule has 0 saturated heterocycles. The van der Waals surface area contributed by atoms with Gasteiger partial charge in [-0.3, -0.25) is 4.90 Å². The lowest BCUT2D eigenvalue weighted by atomic mass is 10.0. The zero-order valence-corrected chi connectivity index (χ0v) is 12.9. The summed E-state index contributed by atoms with van der Waals surface area (Å²) in [6.07, 6.45) is 2.08. The molecule has 1 aromatic rings. The van der Waals surface area contributed by atoms with Crippen LogP contribution < -0.4 is 0 Å². The first kappa shape index (κ1) is 16.1. The van der Waals surface area contributed by atoms with Gasteiger partial charge in [0.2, 0.25) is 0 Å². The summed E-state index contributed by atoms with van der Waals surface area (Å²) in [6, 6.07) is 9.79. The summed E-state index contributed by atoms with van der Waals surface area (Å²) < 4.78 is 5.22. The van der Waals surface area contributed by atoms with Crippen LogP contribution in [0.15, 0.2) is 30.3 Å². The van der Waals surface area contributed by atoms with Crippen molar-refractivity contribution >= 4 is 17.7 Å². The molecule has 106 valence electrons. The zero-order valence-electron chi connectivity index (χ0n) is 12.1. The molecule has 0 N–H and O–H groups in total. The summed E-state index contributed by atoms with van der Waals surface area (Å²) in [4.78, 5) is 14.3. The lowest BCUT2D eigenvalue weighted by Crippen LogP contribution is -2.39. The molecule has 3 nitrogen and oxygen atoms in total. The van der Waals surface area contributed by atoms with Crippen molar-refractivity contribution in [1.29, 1.82) is 0 Å². The molecule has 2 unspecified atom stereocenters. The molecule has 0 aromatic heterocycles. The number of thioether (sulfide) groups is 1. The van der Waals surface area contributed by atoms with Gasteiger partial charge in [0.25, 0.3) is 0 Å². The van der Waals surface area contributed by atoms with Crippen LogP contribution >= 0.6 is 11.8 Å². The van der Waals surface area contributed by atoms with Gasteiger partial charge >= 0.3 is 5.97 Å². The van der Waals surface area contributed by atoms with Gasteiger partial charge in [-0.2, -0.15) is 11.8 Å². The fourth-order valence-corrected chi connectivity index (χ4v) is 2.72. The number of nitrogens with zero attached hydrogens (tertiary/aromatic N) is 1. The summed E-state index contributed by atoms with van der Waals surface area (Å²) in [7, 11) is 1.98. The Morgan fingerprint density at radius 2 is 2.00 bits per heavy atom. The molecular weight excluding hydrogens is 258 g/mol. The van der Waals surface area contributed by atoms with Gasteiger partial charge < -0.3 is 4.74 Å². The van der Waals surface area contributed by atoms with Crippen molar-refractivity contribution in [2.45, 2.75) is 25.9 Å². The Labute approximate surface area is 120 Å². The quantitative estimate of drug-likeness (QED) is 0.719. The van der Waals surface area contributed by atoms with E-state index in [0.29, 0.717) is 12.6 Å². The third-order valence-electron chi connectivity index (χ3n) is 3.14. The molecular formula is C15H23NO2S. The molecule has 2 atom stereocenters. The fraction of sp³-hybridized carbons (Fsp3) is 0.533. The highest BCUT2D eigenvalue weighted by Crippen LogP contribution is 2.23. The minimum atomic E-state index is -0.330. The van der Waals surface area contributed by atoms with Gasteiger partial charge in [0, 0.05) is 11.8 Å². The Morgan fingerprint density at radius 1 is 1.37 bits per heavy atom. The molecule has 0 heterocycles. The van der Waals surface area contributed by atoms with E-state index in [0.717, 1.165) is 11.3 Å². The first-order chi connectivity index (χ1) is 9.11. The van der Waals surface area contributed by atoms with Crippen molar-refractivity contribution < 1.29 is 9.53 Å². The number of carbonyl (C=O) groups excluding carboxylic acids is 1. The summed E-state index contributed by atoms with van der Waals surface area (Å²) in [5.74, 6) is 0.809. The highest BCUT2D eigenvalue weighted by Gasteiger charge is 2.29. The number of carbonyl (C=O) groups is 1. The van der Waals surface area contributed by atoms with Crippen LogP contribution in [0.1, 0.15) is 25.5 Å². The van der Waals surface area contributed by atoms with Crippen molar-refractivity contribution in [2.75, 3.05) is 25.7 Å². The number of rotatable bonds is 7. The van der Waals surface area contributed by atoms with Gasteiger partial charge in [-0.05, 0) is 32.7 Å². The van der Waals surface area contributed by atoms with Gasteiger partial charge in [0.1, 0.15) is 6.04 Å². The van der Waals surface area contributed by atoms with Crippen LogP contribution in [0.5, 0.6) is 0 Å². The molecule has 0 aliphatic rings. The van der Waals surface area contributed by atoms with Crippen LogP contribution in [0.3, 0.4) is 0 Å². The third kappa shape index (κ3) is 4.55. The van der Waals surface area contributed by atoms with E-state index in [-0.39, 0.29) is 12.0 Å². The summed E-state index contributed by atoms with van der Waals surface area (Å²) in [5.41, 5.74) is 0.983. The topological polar surface area (TPSA) is 29.5 Å². The number of hydrogen-bond donors (Lipinski definition) is 0. The van der Waals surface area contributed by atoms with Crippen LogP contribution in [0.25, 0.3) is 0 Å². The molecule has 19 heavy (non-hydrogen) atoms. The Bertz CT molecular complexity index is 383. The molecule has 0 saturated carbocycles. The molecule has 0 spiro atoms. The molecule has 4 heteroatoms. The molecule has 1 aromatic carbocycles. The van der Waals surface area contributed by atoms with Crippen molar-refractivity contribution in [1.82, 2.24) is 4.90 Å². The molecule has 0 fully saturated rings. The zero-order chi connectivity index (χ0) is 14.3. The number of esters is 1.